The van der Waals surface area contributed by atoms with Crippen LogP contribution in [0, 0.1) is 12.8 Å². The number of hydrogen-bond acceptors (Lipinski definition) is 7. The summed E-state index contributed by atoms with van der Waals surface area (Å²) in [7, 11) is 0. The van der Waals surface area contributed by atoms with Gasteiger partial charge in [-0.25, -0.2) is 4.98 Å². The first-order chi connectivity index (χ1) is 14.1. The number of fused-ring (bicyclic) bond motifs is 1. The molecule has 1 aromatic heterocycles. The molecule has 7 nitrogen and oxygen atoms in total. The van der Waals surface area contributed by atoms with Crippen molar-refractivity contribution >= 4 is 28.8 Å². The number of nitrogens with one attached hydrogen (secondary N) is 3. The SMILES string of the molecule is Cc1cnc(Nc2ccc(OCC(C)C)cc2)nc1Nc1ccc2c(c1)NCO2. The van der Waals surface area contributed by atoms with Crippen LogP contribution in [-0.4, -0.2) is 23.3 Å². The second-order valence-corrected chi connectivity index (χ2v) is 7.38. The molecule has 1 aliphatic heterocycles. The van der Waals surface area contributed by atoms with E-state index in [0.29, 0.717) is 25.2 Å². The van der Waals surface area contributed by atoms with E-state index in [9.17, 15) is 0 Å². The van der Waals surface area contributed by atoms with Gasteiger partial charge in [-0.05, 0) is 55.3 Å². The third-order valence-electron chi connectivity index (χ3n) is 4.40. The highest BCUT2D eigenvalue weighted by Gasteiger charge is 2.12. The molecule has 0 saturated carbocycles. The van der Waals surface area contributed by atoms with Crippen molar-refractivity contribution in [3.8, 4) is 11.5 Å². The Balaban J connectivity index is 1.45. The summed E-state index contributed by atoms with van der Waals surface area (Å²) < 4.78 is 11.2. The molecule has 3 aromatic rings. The highest BCUT2D eigenvalue weighted by atomic mass is 16.5. The van der Waals surface area contributed by atoms with Crippen molar-refractivity contribution in [3.63, 3.8) is 0 Å². The van der Waals surface area contributed by atoms with Crippen LogP contribution in [0.2, 0.25) is 0 Å². The van der Waals surface area contributed by atoms with Gasteiger partial charge >= 0.3 is 0 Å². The van der Waals surface area contributed by atoms with Gasteiger partial charge in [0.25, 0.3) is 0 Å². The Morgan fingerprint density at radius 3 is 2.69 bits per heavy atom. The lowest BCUT2D eigenvalue weighted by molar-refractivity contribution is 0.271. The molecule has 0 radical (unpaired) electrons. The number of benzene rings is 2. The smallest absolute Gasteiger partial charge is 0.229 e. The molecule has 0 amide bonds. The lowest BCUT2D eigenvalue weighted by Crippen LogP contribution is -2.05. The Bertz CT molecular complexity index is 989. The third-order valence-corrected chi connectivity index (χ3v) is 4.40. The molecule has 0 saturated heterocycles. The molecule has 0 spiro atoms. The van der Waals surface area contributed by atoms with E-state index in [4.69, 9.17) is 9.47 Å². The van der Waals surface area contributed by atoms with Crippen molar-refractivity contribution in [2.24, 2.45) is 5.92 Å². The van der Waals surface area contributed by atoms with Gasteiger partial charge in [0.2, 0.25) is 5.95 Å². The first-order valence-corrected chi connectivity index (χ1v) is 9.68. The predicted molar refractivity (Wildman–Crippen MR) is 116 cm³/mol. The van der Waals surface area contributed by atoms with E-state index in [1.165, 1.54) is 0 Å². The third kappa shape index (κ3) is 4.68. The Hall–Kier alpha value is -3.48. The van der Waals surface area contributed by atoms with Crippen LogP contribution in [0.4, 0.5) is 28.8 Å². The number of hydrogen-bond donors (Lipinski definition) is 3. The summed E-state index contributed by atoms with van der Waals surface area (Å²) in [6.07, 6.45) is 1.80. The lowest BCUT2D eigenvalue weighted by Gasteiger charge is -2.12. The van der Waals surface area contributed by atoms with Gasteiger partial charge in [0.15, 0.2) is 6.73 Å². The van der Waals surface area contributed by atoms with Crippen LogP contribution in [0.25, 0.3) is 0 Å². The Labute approximate surface area is 170 Å². The molecule has 29 heavy (non-hydrogen) atoms. The van der Waals surface area contributed by atoms with Crippen molar-refractivity contribution in [1.82, 2.24) is 9.97 Å². The second-order valence-electron chi connectivity index (χ2n) is 7.38. The first-order valence-electron chi connectivity index (χ1n) is 9.68. The van der Waals surface area contributed by atoms with Crippen molar-refractivity contribution in [2.45, 2.75) is 20.8 Å². The minimum Gasteiger partial charge on any atom is -0.493 e. The molecule has 2 heterocycles. The van der Waals surface area contributed by atoms with Gasteiger partial charge in [-0.3, -0.25) is 0 Å². The van der Waals surface area contributed by atoms with E-state index in [0.717, 1.165) is 39.9 Å². The number of rotatable bonds is 7. The molecule has 0 bridgehead atoms. The zero-order valence-electron chi connectivity index (χ0n) is 16.8. The minimum absolute atomic E-state index is 0.494. The molecule has 0 unspecified atom stereocenters. The van der Waals surface area contributed by atoms with Crippen LogP contribution >= 0.6 is 0 Å². The molecule has 1 aliphatic rings. The molecular weight excluding hydrogens is 366 g/mol. The van der Waals surface area contributed by atoms with Crippen LogP contribution in [0.5, 0.6) is 11.5 Å². The summed E-state index contributed by atoms with van der Waals surface area (Å²) >= 11 is 0. The van der Waals surface area contributed by atoms with Crippen LogP contribution in [0.3, 0.4) is 0 Å². The molecule has 4 rings (SSSR count). The quantitative estimate of drug-likeness (QED) is 0.519. The van der Waals surface area contributed by atoms with Crippen molar-refractivity contribution in [3.05, 3.63) is 54.2 Å². The van der Waals surface area contributed by atoms with Gasteiger partial charge in [-0.15, -0.1) is 0 Å². The zero-order chi connectivity index (χ0) is 20.2. The van der Waals surface area contributed by atoms with Crippen LogP contribution in [0.1, 0.15) is 19.4 Å². The summed E-state index contributed by atoms with van der Waals surface area (Å²) in [4.78, 5) is 9.01. The van der Waals surface area contributed by atoms with Gasteiger partial charge in [0.1, 0.15) is 17.3 Å². The summed E-state index contributed by atoms with van der Waals surface area (Å²) in [5.41, 5.74) is 3.76. The number of anilines is 5. The predicted octanol–water partition coefficient (Wildman–Crippen LogP) is 5.07. The molecule has 7 heteroatoms. The fourth-order valence-corrected chi connectivity index (χ4v) is 2.86. The Morgan fingerprint density at radius 1 is 1.10 bits per heavy atom. The van der Waals surface area contributed by atoms with Crippen molar-refractivity contribution in [1.29, 1.82) is 0 Å². The Kier molecular flexibility index (Phi) is 5.37. The van der Waals surface area contributed by atoms with Crippen LogP contribution in [0.15, 0.2) is 48.7 Å². The number of nitrogens with zero attached hydrogens (tertiary/aromatic N) is 2. The second kappa shape index (κ2) is 8.26. The fourth-order valence-electron chi connectivity index (χ4n) is 2.86. The maximum Gasteiger partial charge on any atom is 0.229 e. The average Bonchev–Trinajstić information content (AvgIpc) is 3.18. The molecule has 2 aromatic carbocycles. The van der Waals surface area contributed by atoms with Gasteiger partial charge in [0, 0.05) is 23.1 Å². The lowest BCUT2D eigenvalue weighted by atomic mass is 10.2. The monoisotopic (exact) mass is 391 g/mol. The van der Waals surface area contributed by atoms with E-state index in [-0.39, 0.29) is 0 Å². The van der Waals surface area contributed by atoms with Gasteiger partial charge < -0.3 is 25.4 Å². The first kappa shape index (κ1) is 18.9. The minimum atomic E-state index is 0.494. The van der Waals surface area contributed by atoms with Gasteiger partial charge in [-0.2, -0.15) is 4.98 Å². The number of aryl methyl sites for hydroxylation is 1. The summed E-state index contributed by atoms with van der Waals surface area (Å²) in [6, 6.07) is 13.7. The average molecular weight is 391 g/mol. The number of ether oxygens (including phenoxy) is 2. The zero-order valence-corrected chi connectivity index (χ0v) is 16.8. The standard InChI is InChI=1S/C22H25N5O2/c1-14(2)12-28-18-7-4-16(5-8-18)26-22-23-11-15(3)21(27-22)25-17-6-9-20-19(10-17)24-13-29-20/h4-11,14,24H,12-13H2,1-3H3,(H2,23,25,26,27). The van der Waals surface area contributed by atoms with Gasteiger partial charge in [0.05, 0.1) is 12.3 Å². The van der Waals surface area contributed by atoms with E-state index in [1.54, 1.807) is 6.20 Å². The topological polar surface area (TPSA) is 80.3 Å². The summed E-state index contributed by atoms with van der Waals surface area (Å²) in [5, 5.41) is 9.79. The van der Waals surface area contributed by atoms with E-state index in [1.807, 2.05) is 49.4 Å². The Morgan fingerprint density at radius 2 is 1.90 bits per heavy atom. The van der Waals surface area contributed by atoms with Crippen molar-refractivity contribution in [2.75, 3.05) is 29.3 Å². The van der Waals surface area contributed by atoms with Crippen molar-refractivity contribution < 1.29 is 9.47 Å². The summed E-state index contributed by atoms with van der Waals surface area (Å²) in [5.74, 6) is 3.48. The highest BCUT2D eigenvalue weighted by Crippen LogP contribution is 2.33. The normalized spacial score (nSPS) is 12.1. The molecule has 150 valence electrons. The molecule has 0 atom stereocenters. The molecule has 0 fully saturated rings. The molecule has 0 aliphatic carbocycles. The van der Waals surface area contributed by atoms with Crippen LogP contribution < -0.4 is 25.4 Å². The maximum absolute atomic E-state index is 5.72. The number of aromatic nitrogens is 2. The largest absolute Gasteiger partial charge is 0.493 e. The van der Waals surface area contributed by atoms with E-state index in [2.05, 4.69) is 39.8 Å². The van der Waals surface area contributed by atoms with E-state index >= 15 is 0 Å². The molecular formula is C22H25N5O2. The van der Waals surface area contributed by atoms with Crippen LogP contribution in [-0.2, 0) is 0 Å². The van der Waals surface area contributed by atoms with Gasteiger partial charge in [-0.1, -0.05) is 13.8 Å². The van der Waals surface area contributed by atoms with E-state index < -0.39 is 0 Å². The highest BCUT2D eigenvalue weighted by molar-refractivity contribution is 5.70. The maximum atomic E-state index is 5.72. The molecule has 3 N–H and O–H groups in total. The fraction of sp³-hybridized carbons (Fsp3) is 0.273. The summed E-state index contributed by atoms with van der Waals surface area (Å²) in [6.45, 7) is 7.43.